The molecule has 0 aliphatic carbocycles. The lowest BCUT2D eigenvalue weighted by Gasteiger charge is -2.16. The largest absolute Gasteiger partial charge is 0.271 e. The highest BCUT2D eigenvalue weighted by molar-refractivity contribution is 5.26. The van der Waals surface area contributed by atoms with Gasteiger partial charge in [-0.05, 0) is 36.6 Å². The van der Waals surface area contributed by atoms with E-state index in [0.29, 0.717) is 0 Å². The third kappa shape index (κ3) is 3.15. The zero-order chi connectivity index (χ0) is 13.0. The van der Waals surface area contributed by atoms with E-state index in [1.54, 1.807) is 12.1 Å². The van der Waals surface area contributed by atoms with Crippen LogP contribution in [0.3, 0.4) is 0 Å². The van der Waals surface area contributed by atoms with Crippen molar-refractivity contribution in [2.24, 2.45) is 5.84 Å². The molecule has 0 aromatic heterocycles. The number of nitrogens with two attached hydrogens (primary N) is 1. The molecule has 18 heavy (non-hydrogen) atoms. The van der Waals surface area contributed by atoms with Crippen molar-refractivity contribution in [3.05, 3.63) is 71.0 Å². The van der Waals surface area contributed by atoms with Gasteiger partial charge in [0.2, 0.25) is 0 Å². The van der Waals surface area contributed by atoms with Crippen molar-refractivity contribution in [1.29, 1.82) is 0 Å². The van der Waals surface area contributed by atoms with E-state index in [2.05, 4.69) is 36.6 Å². The molecule has 0 bridgehead atoms. The number of rotatable bonds is 4. The van der Waals surface area contributed by atoms with E-state index >= 15 is 0 Å². The molecule has 94 valence electrons. The van der Waals surface area contributed by atoms with Crippen LogP contribution in [0.4, 0.5) is 4.39 Å². The molecule has 1 unspecified atom stereocenters. The maximum absolute atomic E-state index is 12.9. The van der Waals surface area contributed by atoms with Crippen molar-refractivity contribution in [3.8, 4) is 0 Å². The van der Waals surface area contributed by atoms with Crippen LogP contribution >= 0.6 is 0 Å². The highest BCUT2D eigenvalue weighted by Crippen LogP contribution is 2.18. The molecule has 2 nitrogen and oxygen atoms in total. The number of nitrogens with one attached hydrogen (secondary N) is 1. The summed E-state index contributed by atoms with van der Waals surface area (Å²) in [5, 5.41) is 0. The Bertz CT molecular complexity index is 491. The quantitative estimate of drug-likeness (QED) is 0.641. The Morgan fingerprint density at radius 1 is 1.06 bits per heavy atom. The van der Waals surface area contributed by atoms with Crippen LogP contribution < -0.4 is 11.3 Å². The van der Waals surface area contributed by atoms with Gasteiger partial charge >= 0.3 is 0 Å². The number of benzene rings is 2. The molecule has 1 atom stereocenters. The predicted octanol–water partition coefficient (Wildman–Crippen LogP) is 2.88. The van der Waals surface area contributed by atoms with Crippen molar-refractivity contribution in [3.63, 3.8) is 0 Å². The van der Waals surface area contributed by atoms with Crippen molar-refractivity contribution >= 4 is 0 Å². The Balaban J connectivity index is 2.14. The second kappa shape index (κ2) is 5.76. The van der Waals surface area contributed by atoms with Crippen LogP contribution in [0.15, 0.2) is 48.5 Å². The van der Waals surface area contributed by atoms with E-state index in [4.69, 9.17) is 5.84 Å². The summed E-state index contributed by atoms with van der Waals surface area (Å²) in [5.41, 5.74) is 6.20. The van der Waals surface area contributed by atoms with Gasteiger partial charge < -0.3 is 0 Å². The van der Waals surface area contributed by atoms with Gasteiger partial charge in [-0.25, -0.2) is 4.39 Å². The van der Waals surface area contributed by atoms with Gasteiger partial charge in [-0.1, -0.05) is 42.0 Å². The lowest BCUT2D eigenvalue weighted by Crippen LogP contribution is -2.29. The molecular formula is C15H17FN2. The summed E-state index contributed by atoms with van der Waals surface area (Å²) < 4.78 is 12.9. The van der Waals surface area contributed by atoms with Gasteiger partial charge in [0.1, 0.15) is 5.82 Å². The minimum atomic E-state index is -0.232. The van der Waals surface area contributed by atoms with Crippen molar-refractivity contribution < 1.29 is 4.39 Å². The summed E-state index contributed by atoms with van der Waals surface area (Å²) in [4.78, 5) is 0. The third-order valence-corrected chi connectivity index (χ3v) is 3.03. The normalized spacial score (nSPS) is 12.4. The first-order chi connectivity index (χ1) is 8.69. The van der Waals surface area contributed by atoms with Gasteiger partial charge in [-0.3, -0.25) is 11.3 Å². The zero-order valence-corrected chi connectivity index (χ0v) is 10.4. The molecule has 2 aromatic carbocycles. The zero-order valence-electron chi connectivity index (χ0n) is 10.4. The van der Waals surface area contributed by atoms with Crippen LogP contribution in [-0.2, 0) is 6.42 Å². The molecule has 0 saturated heterocycles. The number of halogens is 1. The van der Waals surface area contributed by atoms with Crippen LogP contribution in [0, 0.1) is 12.7 Å². The van der Waals surface area contributed by atoms with Gasteiger partial charge in [0.15, 0.2) is 0 Å². The summed E-state index contributed by atoms with van der Waals surface area (Å²) in [5.74, 6) is 5.35. The highest BCUT2D eigenvalue weighted by Gasteiger charge is 2.10. The molecule has 0 fully saturated rings. The van der Waals surface area contributed by atoms with E-state index < -0.39 is 0 Å². The molecule has 0 amide bonds. The average molecular weight is 244 g/mol. The topological polar surface area (TPSA) is 38.0 Å². The Morgan fingerprint density at radius 2 is 1.67 bits per heavy atom. The van der Waals surface area contributed by atoms with Crippen LogP contribution in [0.1, 0.15) is 22.7 Å². The van der Waals surface area contributed by atoms with Crippen molar-refractivity contribution in [1.82, 2.24) is 5.43 Å². The van der Waals surface area contributed by atoms with E-state index in [1.165, 1.54) is 23.3 Å². The van der Waals surface area contributed by atoms with Gasteiger partial charge in [-0.2, -0.15) is 0 Å². The van der Waals surface area contributed by atoms with Gasteiger partial charge in [-0.15, -0.1) is 0 Å². The Hall–Kier alpha value is -1.71. The smallest absolute Gasteiger partial charge is 0.123 e. The summed E-state index contributed by atoms with van der Waals surface area (Å²) in [6.07, 6.45) is 0.780. The molecule has 0 aliphatic heterocycles. The van der Waals surface area contributed by atoms with E-state index in [0.717, 1.165) is 12.0 Å². The number of hydrazine groups is 1. The predicted molar refractivity (Wildman–Crippen MR) is 71.3 cm³/mol. The maximum atomic E-state index is 12.9. The molecule has 0 aliphatic rings. The van der Waals surface area contributed by atoms with Gasteiger partial charge in [0.25, 0.3) is 0 Å². The standard InChI is InChI=1S/C15H17FN2/c1-11-2-4-12(5-3-11)10-15(18-17)13-6-8-14(16)9-7-13/h2-9,15,18H,10,17H2,1H3. The minimum Gasteiger partial charge on any atom is -0.271 e. The molecule has 3 heteroatoms. The van der Waals surface area contributed by atoms with Crippen LogP contribution in [-0.4, -0.2) is 0 Å². The summed E-state index contributed by atoms with van der Waals surface area (Å²) >= 11 is 0. The van der Waals surface area contributed by atoms with E-state index in [1.807, 2.05) is 0 Å². The number of hydrogen-bond acceptors (Lipinski definition) is 2. The van der Waals surface area contributed by atoms with Crippen LogP contribution in [0.25, 0.3) is 0 Å². The van der Waals surface area contributed by atoms with Crippen LogP contribution in [0.5, 0.6) is 0 Å². The first-order valence-electron chi connectivity index (χ1n) is 5.96. The molecular weight excluding hydrogens is 227 g/mol. The fraction of sp³-hybridized carbons (Fsp3) is 0.200. The molecule has 3 N–H and O–H groups in total. The van der Waals surface area contributed by atoms with Crippen molar-refractivity contribution in [2.75, 3.05) is 0 Å². The summed E-state index contributed by atoms with van der Waals surface area (Å²) in [6, 6.07) is 14.7. The average Bonchev–Trinajstić information content (AvgIpc) is 2.39. The Labute approximate surface area is 107 Å². The molecule has 2 rings (SSSR count). The van der Waals surface area contributed by atoms with Crippen molar-refractivity contribution in [2.45, 2.75) is 19.4 Å². The second-order valence-corrected chi connectivity index (χ2v) is 4.46. The molecule has 0 spiro atoms. The number of hydrogen-bond donors (Lipinski definition) is 2. The summed E-state index contributed by atoms with van der Waals surface area (Å²) in [7, 11) is 0. The molecule has 0 saturated carbocycles. The lowest BCUT2D eigenvalue weighted by molar-refractivity contribution is 0.549. The Kier molecular flexibility index (Phi) is 4.07. The van der Waals surface area contributed by atoms with Gasteiger partial charge in [0.05, 0.1) is 0 Å². The fourth-order valence-electron chi connectivity index (χ4n) is 1.93. The SMILES string of the molecule is Cc1ccc(CC(NN)c2ccc(F)cc2)cc1. The maximum Gasteiger partial charge on any atom is 0.123 e. The lowest BCUT2D eigenvalue weighted by atomic mass is 9.99. The fourth-order valence-corrected chi connectivity index (χ4v) is 1.93. The van der Waals surface area contributed by atoms with Gasteiger partial charge in [0, 0.05) is 6.04 Å². The summed E-state index contributed by atoms with van der Waals surface area (Å²) in [6.45, 7) is 2.06. The van der Waals surface area contributed by atoms with E-state index in [9.17, 15) is 4.39 Å². The first kappa shape index (κ1) is 12.7. The second-order valence-electron chi connectivity index (χ2n) is 4.46. The number of aryl methyl sites for hydroxylation is 1. The minimum absolute atomic E-state index is 0.00620. The Morgan fingerprint density at radius 3 is 2.22 bits per heavy atom. The molecule has 0 heterocycles. The van der Waals surface area contributed by atoms with E-state index in [-0.39, 0.29) is 11.9 Å². The molecule has 0 radical (unpaired) electrons. The highest BCUT2D eigenvalue weighted by atomic mass is 19.1. The first-order valence-corrected chi connectivity index (χ1v) is 5.96. The third-order valence-electron chi connectivity index (χ3n) is 3.03. The van der Waals surface area contributed by atoms with Crippen LogP contribution in [0.2, 0.25) is 0 Å². The molecule has 2 aromatic rings. The monoisotopic (exact) mass is 244 g/mol.